The Morgan fingerprint density at radius 3 is 0.842 bits per heavy atom. The molecule has 0 bridgehead atoms. The molecular formula is C86H149NO8. The first kappa shape index (κ1) is 90.7. The van der Waals surface area contributed by atoms with E-state index in [1.165, 1.54) is 212 Å². The lowest BCUT2D eigenvalue weighted by Crippen LogP contribution is -2.44. The molecule has 2 atom stereocenters. The lowest BCUT2D eigenvalue weighted by molar-refractivity contribution is -0.870. The molecule has 0 aliphatic heterocycles. The molecule has 0 rings (SSSR count). The predicted octanol–water partition coefficient (Wildman–Crippen LogP) is 24.1. The number of aliphatic carboxylic acids is 1. The van der Waals surface area contributed by atoms with E-state index in [-0.39, 0.29) is 32.2 Å². The van der Waals surface area contributed by atoms with E-state index in [0.717, 1.165) is 103 Å². The number of quaternary nitrogens is 1. The lowest BCUT2D eigenvalue weighted by atomic mass is 10.0. The van der Waals surface area contributed by atoms with Gasteiger partial charge in [0.15, 0.2) is 12.4 Å². The highest BCUT2D eigenvalue weighted by Gasteiger charge is 2.22. The van der Waals surface area contributed by atoms with Crippen LogP contribution in [0.5, 0.6) is 0 Å². The van der Waals surface area contributed by atoms with Gasteiger partial charge in [0.1, 0.15) is 13.2 Å². The van der Waals surface area contributed by atoms with Gasteiger partial charge in [0.05, 0.1) is 40.3 Å². The van der Waals surface area contributed by atoms with E-state index in [0.29, 0.717) is 23.9 Å². The second-order valence-corrected chi connectivity index (χ2v) is 27.6. The molecule has 0 spiro atoms. The van der Waals surface area contributed by atoms with Gasteiger partial charge in [-0.3, -0.25) is 9.59 Å². The molecule has 0 saturated carbocycles. The van der Waals surface area contributed by atoms with E-state index in [2.05, 4.69) is 135 Å². The van der Waals surface area contributed by atoms with Crippen molar-refractivity contribution in [3.8, 4) is 0 Å². The largest absolute Gasteiger partial charge is 0.545 e. The van der Waals surface area contributed by atoms with Crippen LogP contribution >= 0.6 is 0 Å². The quantitative estimate of drug-likeness (QED) is 0.0195. The van der Waals surface area contributed by atoms with Crippen molar-refractivity contribution in [1.82, 2.24) is 0 Å². The Bertz CT molecular complexity index is 1980. The lowest BCUT2D eigenvalue weighted by Gasteiger charge is -2.26. The van der Waals surface area contributed by atoms with E-state index in [4.69, 9.17) is 18.9 Å². The number of carbonyl (C=O) groups is 3. The molecular weight excluding hydrogens is 1170 g/mol. The van der Waals surface area contributed by atoms with Crippen LogP contribution in [0.15, 0.2) is 122 Å². The third-order valence-corrected chi connectivity index (χ3v) is 17.2. The van der Waals surface area contributed by atoms with Gasteiger partial charge in [-0.1, -0.05) is 354 Å². The van der Waals surface area contributed by atoms with Gasteiger partial charge in [-0.25, -0.2) is 0 Å². The zero-order valence-corrected chi connectivity index (χ0v) is 62.5. The summed E-state index contributed by atoms with van der Waals surface area (Å²) < 4.78 is 22.9. The van der Waals surface area contributed by atoms with Crippen LogP contribution in [-0.2, 0) is 33.3 Å². The molecule has 9 heteroatoms. The van der Waals surface area contributed by atoms with Crippen molar-refractivity contribution in [3.05, 3.63) is 122 Å². The molecule has 0 aliphatic carbocycles. The number of hydrogen-bond acceptors (Lipinski definition) is 8. The topological polar surface area (TPSA) is 111 Å². The highest BCUT2D eigenvalue weighted by atomic mass is 16.7. The number of hydrogen-bond donors (Lipinski definition) is 0. The first-order valence-corrected chi connectivity index (χ1v) is 39.7. The van der Waals surface area contributed by atoms with Crippen LogP contribution in [-0.4, -0.2) is 82.3 Å². The molecule has 546 valence electrons. The van der Waals surface area contributed by atoms with E-state index in [1.54, 1.807) is 0 Å². The standard InChI is InChI=1S/C86H149NO8/c1-6-8-10-12-14-16-18-20-22-24-26-28-30-32-34-36-38-40-42-44-46-48-50-52-54-56-58-60-62-64-66-68-70-72-74-76-83(88)93-80-82(81-94-86(85(90)91)92-79-78-87(3,4)5)95-84(89)77-75-73-71-69-67-65-63-61-59-57-55-53-51-49-47-45-43-41-39-37-35-33-31-29-27-25-23-21-19-17-15-13-11-9-7-2/h8-11,14-17,20-23,26-29,33,35,39,41,82,86H,6-7,12-13,18-19,24-25,30-32,34,36-38,40,42-81H2,1-5H3/b10-8-,11-9-,16-14-,17-15-,22-20-,23-21-,28-26-,29-27-,35-33-,41-39-. The van der Waals surface area contributed by atoms with Crippen molar-refractivity contribution in [2.24, 2.45) is 0 Å². The van der Waals surface area contributed by atoms with Crippen molar-refractivity contribution < 1.29 is 42.9 Å². The SMILES string of the molecule is CC/C=C\C/C=C\C/C=C\C/C=C\C/C=C\C/C=C\CCCCCCCCCCCCCCCCCCC(=O)OC(COC(=O)CCCCCCCCCCCCCCCCCCCCCCCC/C=C\C/C=C\C/C=C\C/C=C\CC)COC(OCC[N+](C)(C)C)C(=O)[O-]. The van der Waals surface area contributed by atoms with Gasteiger partial charge in [-0.2, -0.15) is 0 Å². The molecule has 0 heterocycles. The van der Waals surface area contributed by atoms with Crippen LogP contribution in [0.25, 0.3) is 0 Å². The van der Waals surface area contributed by atoms with Crippen molar-refractivity contribution in [2.45, 2.75) is 360 Å². The van der Waals surface area contributed by atoms with E-state index >= 15 is 0 Å². The van der Waals surface area contributed by atoms with Crippen LogP contribution in [0, 0.1) is 0 Å². The molecule has 0 fully saturated rings. The van der Waals surface area contributed by atoms with Crippen molar-refractivity contribution in [2.75, 3.05) is 47.5 Å². The van der Waals surface area contributed by atoms with Crippen LogP contribution in [0.2, 0.25) is 0 Å². The first-order chi connectivity index (χ1) is 46.6. The summed E-state index contributed by atoms with van der Waals surface area (Å²) in [6.07, 6.45) is 105. The van der Waals surface area contributed by atoms with Crippen molar-refractivity contribution in [3.63, 3.8) is 0 Å². The maximum atomic E-state index is 13.0. The highest BCUT2D eigenvalue weighted by Crippen LogP contribution is 2.19. The molecule has 0 aromatic rings. The van der Waals surface area contributed by atoms with E-state index < -0.39 is 24.3 Å². The van der Waals surface area contributed by atoms with Gasteiger partial charge < -0.3 is 33.3 Å². The third kappa shape index (κ3) is 76.9. The van der Waals surface area contributed by atoms with Crippen LogP contribution in [0.4, 0.5) is 0 Å². The molecule has 0 saturated heterocycles. The van der Waals surface area contributed by atoms with Crippen molar-refractivity contribution >= 4 is 17.9 Å². The summed E-state index contributed by atoms with van der Waals surface area (Å²) in [4.78, 5) is 37.6. The first-order valence-electron chi connectivity index (χ1n) is 39.7. The Labute approximate surface area is 587 Å². The summed E-state index contributed by atoms with van der Waals surface area (Å²) in [5, 5.41) is 11.9. The Kier molecular flexibility index (Phi) is 72.0. The smallest absolute Gasteiger partial charge is 0.306 e. The number of rotatable bonds is 73. The number of unbranched alkanes of at least 4 members (excludes halogenated alkanes) is 38. The molecule has 95 heavy (non-hydrogen) atoms. The fourth-order valence-corrected chi connectivity index (χ4v) is 11.2. The van der Waals surface area contributed by atoms with Gasteiger partial charge >= 0.3 is 11.9 Å². The third-order valence-electron chi connectivity index (χ3n) is 17.2. The van der Waals surface area contributed by atoms with Gasteiger partial charge in [0.25, 0.3) is 0 Å². The Balaban J connectivity index is 4.02. The second-order valence-electron chi connectivity index (χ2n) is 27.6. The summed E-state index contributed by atoms with van der Waals surface area (Å²) >= 11 is 0. The molecule has 0 N–H and O–H groups in total. The molecule has 0 aliphatic rings. The van der Waals surface area contributed by atoms with E-state index in [1.807, 2.05) is 21.1 Å². The molecule has 0 aromatic heterocycles. The average Bonchev–Trinajstić information content (AvgIpc) is 3.58. The minimum absolute atomic E-state index is 0.146. The van der Waals surface area contributed by atoms with Crippen LogP contribution in [0.1, 0.15) is 348 Å². The van der Waals surface area contributed by atoms with Crippen molar-refractivity contribution in [1.29, 1.82) is 0 Å². The maximum absolute atomic E-state index is 13.0. The number of ether oxygens (including phenoxy) is 4. The summed E-state index contributed by atoms with van der Waals surface area (Å²) in [5.41, 5.74) is 0. The van der Waals surface area contributed by atoms with Crippen LogP contribution < -0.4 is 5.11 Å². The number of carboxylic acids is 1. The van der Waals surface area contributed by atoms with Gasteiger partial charge in [-0.15, -0.1) is 0 Å². The normalized spacial score (nSPS) is 13.3. The number of allylic oxidation sites excluding steroid dienone is 20. The average molecular weight is 1330 g/mol. The highest BCUT2D eigenvalue weighted by molar-refractivity contribution is 5.70. The maximum Gasteiger partial charge on any atom is 0.306 e. The summed E-state index contributed by atoms with van der Waals surface area (Å²) in [6.45, 7) is 4.56. The zero-order valence-electron chi connectivity index (χ0n) is 62.5. The summed E-state index contributed by atoms with van der Waals surface area (Å²) in [6, 6.07) is 0. The van der Waals surface area contributed by atoms with Gasteiger partial charge in [0, 0.05) is 12.8 Å². The molecule has 0 amide bonds. The minimum atomic E-state index is -1.63. The number of nitrogens with zero attached hydrogens (tertiary/aromatic N) is 1. The summed E-state index contributed by atoms with van der Waals surface area (Å²) in [7, 11) is 5.94. The predicted molar refractivity (Wildman–Crippen MR) is 407 cm³/mol. The Hall–Kier alpha value is -4.31. The Morgan fingerprint density at radius 2 is 0.568 bits per heavy atom. The molecule has 9 nitrogen and oxygen atoms in total. The van der Waals surface area contributed by atoms with Gasteiger partial charge in [-0.05, 0) is 103 Å². The molecule has 2 unspecified atom stereocenters. The zero-order chi connectivity index (χ0) is 69.0. The molecule has 0 aromatic carbocycles. The Morgan fingerprint density at radius 1 is 0.316 bits per heavy atom. The number of carbonyl (C=O) groups excluding carboxylic acids is 3. The minimum Gasteiger partial charge on any atom is -0.545 e. The molecule has 0 radical (unpaired) electrons. The van der Waals surface area contributed by atoms with Gasteiger partial charge in [0.2, 0.25) is 0 Å². The summed E-state index contributed by atoms with van der Waals surface area (Å²) in [5.74, 6) is -2.27. The number of likely N-dealkylation sites (N-methyl/N-ethyl adjacent to an activating group) is 1. The van der Waals surface area contributed by atoms with E-state index in [9.17, 15) is 19.5 Å². The fourth-order valence-electron chi connectivity index (χ4n) is 11.2. The van der Waals surface area contributed by atoms with Crippen LogP contribution in [0.3, 0.4) is 0 Å². The number of esters is 2. The number of carboxylic acid groups (broad SMARTS) is 1. The monoisotopic (exact) mass is 1320 g/mol. The second kappa shape index (κ2) is 75.5. The fraction of sp³-hybridized carbons (Fsp3) is 0.733.